The molecule has 0 aliphatic heterocycles. The zero-order valence-electron chi connectivity index (χ0n) is 8.80. The van der Waals surface area contributed by atoms with Gasteiger partial charge in [0.1, 0.15) is 0 Å². The number of rotatable bonds is 3. The minimum Gasteiger partial charge on any atom is -0.392 e. The van der Waals surface area contributed by atoms with E-state index in [1.54, 1.807) is 0 Å². The number of aliphatic hydroxyl groups excluding tert-OH is 1. The van der Waals surface area contributed by atoms with Crippen LogP contribution in [0.15, 0.2) is 24.4 Å². The molecule has 0 saturated heterocycles. The minimum atomic E-state index is -0.104. The van der Waals surface area contributed by atoms with Crippen LogP contribution in [0.2, 0.25) is 0 Å². The van der Waals surface area contributed by atoms with Gasteiger partial charge in [-0.15, -0.1) is 11.8 Å². The molecule has 1 fully saturated rings. The Morgan fingerprint density at radius 3 is 2.93 bits per heavy atom. The standard InChI is InChI=1S/C12H17NOS/c14-11-6-1-2-7-12(11)15-9-10-5-3-4-8-13-10/h3-5,8,11-12,14H,1-2,6-7,9H2. The lowest BCUT2D eigenvalue weighted by Crippen LogP contribution is -2.26. The molecule has 1 aromatic heterocycles. The van der Waals surface area contributed by atoms with E-state index in [2.05, 4.69) is 4.98 Å². The summed E-state index contributed by atoms with van der Waals surface area (Å²) in [5.41, 5.74) is 1.11. The van der Waals surface area contributed by atoms with Gasteiger partial charge in [-0.25, -0.2) is 0 Å². The Hall–Kier alpha value is -0.540. The second-order valence-electron chi connectivity index (χ2n) is 4.02. The summed E-state index contributed by atoms with van der Waals surface area (Å²) in [6.45, 7) is 0. The lowest BCUT2D eigenvalue weighted by atomic mass is 9.97. The van der Waals surface area contributed by atoms with Crippen molar-refractivity contribution in [2.45, 2.75) is 42.8 Å². The molecule has 0 amide bonds. The fourth-order valence-corrected chi connectivity index (χ4v) is 3.19. The Balaban J connectivity index is 1.82. The quantitative estimate of drug-likeness (QED) is 0.855. The first-order chi connectivity index (χ1) is 7.36. The topological polar surface area (TPSA) is 33.1 Å². The van der Waals surface area contributed by atoms with E-state index in [1.807, 2.05) is 36.2 Å². The molecule has 1 aliphatic rings. The van der Waals surface area contributed by atoms with E-state index in [1.165, 1.54) is 12.8 Å². The molecule has 1 heterocycles. The summed E-state index contributed by atoms with van der Waals surface area (Å²) in [6.07, 6.45) is 6.29. The highest BCUT2D eigenvalue weighted by molar-refractivity contribution is 7.99. The van der Waals surface area contributed by atoms with Crippen LogP contribution in [0.3, 0.4) is 0 Å². The summed E-state index contributed by atoms with van der Waals surface area (Å²) in [5, 5.41) is 10.2. The number of aromatic nitrogens is 1. The van der Waals surface area contributed by atoms with Crippen molar-refractivity contribution in [3.63, 3.8) is 0 Å². The van der Waals surface area contributed by atoms with Crippen LogP contribution in [0.1, 0.15) is 31.4 Å². The molecule has 1 aromatic rings. The highest BCUT2D eigenvalue weighted by Crippen LogP contribution is 2.30. The van der Waals surface area contributed by atoms with Crippen LogP contribution in [0, 0.1) is 0 Å². The lowest BCUT2D eigenvalue weighted by molar-refractivity contribution is 0.137. The third kappa shape index (κ3) is 3.21. The van der Waals surface area contributed by atoms with Gasteiger partial charge in [0.05, 0.1) is 11.8 Å². The Kier molecular flexibility index (Phi) is 4.03. The van der Waals surface area contributed by atoms with E-state index in [9.17, 15) is 5.11 Å². The summed E-state index contributed by atoms with van der Waals surface area (Å²) >= 11 is 1.85. The van der Waals surface area contributed by atoms with E-state index in [0.29, 0.717) is 5.25 Å². The van der Waals surface area contributed by atoms with Gasteiger partial charge in [-0.1, -0.05) is 18.9 Å². The van der Waals surface area contributed by atoms with Gasteiger partial charge in [0.25, 0.3) is 0 Å². The second-order valence-corrected chi connectivity index (χ2v) is 5.25. The molecule has 0 bridgehead atoms. The molecule has 0 spiro atoms. The average molecular weight is 223 g/mol. The summed E-state index contributed by atoms with van der Waals surface area (Å²) in [4.78, 5) is 4.29. The molecule has 1 saturated carbocycles. The largest absolute Gasteiger partial charge is 0.392 e. The third-order valence-electron chi connectivity index (χ3n) is 2.84. The number of nitrogens with zero attached hydrogens (tertiary/aromatic N) is 1. The van der Waals surface area contributed by atoms with Gasteiger partial charge in [0.2, 0.25) is 0 Å². The Morgan fingerprint density at radius 2 is 2.20 bits per heavy atom. The number of hydrogen-bond donors (Lipinski definition) is 1. The van der Waals surface area contributed by atoms with Crippen molar-refractivity contribution in [3.8, 4) is 0 Å². The molecule has 1 N–H and O–H groups in total. The van der Waals surface area contributed by atoms with Gasteiger partial charge < -0.3 is 5.11 Å². The molecule has 1 aliphatic carbocycles. The van der Waals surface area contributed by atoms with Crippen LogP contribution in [0.4, 0.5) is 0 Å². The molecule has 2 nitrogen and oxygen atoms in total. The molecular formula is C12H17NOS. The van der Waals surface area contributed by atoms with Crippen molar-refractivity contribution in [2.24, 2.45) is 0 Å². The molecule has 0 aromatic carbocycles. The van der Waals surface area contributed by atoms with Crippen molar-refractivity contribution in [1.82, 2.24) is 4.98 Å². The first kappa shape index (κ1) is 11.0. The first-order valence-corrected chi connectivity index (χ1v) is 6.61. The highest BCUT2D eigenvalue weighted by atomic mass is 32.2. The van der Waals surface area contributed by atoms with Crippen LogP contribution < -0.4 is 0 Å². The van der Waals surface area contributed by atoms with E-state index >= 15 is 0 Å². The molecule has 82 valence electrons. The number of pyridine rings is 1. The van der Waals surface area contributed by atoms with Crippen molar-refractivity contribution >= 4 is 11.8 Å². The maximum Gasteiger partial charge on any atom is 0.0658 e. The minimum absolute atomic E-state index is 0.104. The van der Waals surface area contributed by atoms with Gasteiger partial charge in [-0.2, -0.15) is 0 Å². The van der Waals surface area contributed by atoms with Crippen LogP contribution in [-0.2, 0) is 5.75 Å². The van der Waals surface area contributed by atoms with Gasteiger partial charge in [0, 0.05) is 17.2 Å². The Labute approximate surface area is 95.1 Å². The van der Waals surface area contributed by atoms with Crippen LogP contribution in [-0.4, -0.2) is 21.4 Å². The fraction of sp³-hybridized carbons (Fsp3) is 0.583. The molecule has 0 radical (unpaired) electrons. The van der Waals surface area contributed by atoms with Gasteiger partial charge in [-0.3, -0.25) is 4.98 Å². The molecule has 2 rings (SSSR count). The third-order valence-corrected chi connectivity index (χ3v) is 4.28. The predicted octanol–water partition coefficient (Wildman–Crippen LogP) is 2.62. The van der Waals surface area contributed by atoms with E-state index in [-0.39, 0.29) is 6.10 Å². The zero-order chi connectivity index (χ0) is 10.5. The first-order valence-electron chi connectivity index (χ1n) is 5.56. The monoisotopic (exact) mass is 223 g/mol. The fourth-order valence-electron chi connectivity index (χ4n) is 1.95. The SMILES string of the molecule is OC1CCCCC1SCc1ccccn1. The number of aliphatic hydroxyl groups is 1. The summed E-state index contributed by atoms with van der Waals surface area (Å²) in [5.74, 6) is 0.919. The Morgan fingerprint density at radius 1 is 1.33 bits per heavy atom. The maximum atomic E-state index is 9.81. The molecular weight excluding hydrogens is 206 g/mol. The van der Waals surface area contributed by atoms with Crippen LogP contribution in [0.25, 0.3) is 0 Å². The van der Waals surface area contributed by atoms with Crippen molar-refractivity contribution < 1.29 is 5.11 Å². The zero-order valence-corrected chi connectivity index (χ0v) is 9.62. The van der Waals surface area contributed by atoms with Crippen molar-refractivity contribution in [1.29, 1.82) is 0 Å². The highest BCUT2D eigenvalue weighted by Gasteiger charge is 2.23. The van der Waals surface area contributed by atoms with E-state index < -0.39 is 0 Å². The van der Waals surface area contributed by atoms with Crippen LogP contribution in [0.5, 0.6) is 0 Å². The Bertz CT molecular complexity index is 291. The van der Waals surface area contributed by atoms with E-state index in [0.717, 1.165) is 24.3 Å². The summed E-state index contributed by atoms with van der Waals surface area (Å²) in [6, 6.07) is 5.99. The average Bonchev–Trinajstić information content (AvgIpc) is 2.29. The van der Waals surface area contributed by atoms with Crippen LogP contribution >= 0.6 is 11.8 Å². The smallest absolute Gasteiger partial charge is 0.0658 e. The summed E-state index contributed by atoms with van der Waals surface area (Å²) < 4.78 is 0. The molecule has 2 unspecified atom stereocenters. The van der Waals surface area contributed by atoms with Gasteiger partial charge in [-0.05, 0) is 25.0 Å². The summed E-state index contributed by atoms with van der Waals surface area (Å²) in [7, 11) is 0. The molecule has 15 heavy (non-hydrogen) atoms. The molecule has 2 atom stereocenters. The van der Waals surface area contributed by atoms with Gasteiger partial charge in [0.15, 0.2) is 0 Å². The normalized spacial score (nSPS) is 26.5. The number of hydrogen-bond acceptors (Lipinski definition) is 3. The van der Waals surface area contributed by atoms with E-state index in [4.69, 9.17) is 0 Å². The predicted molar refractivity (Wildman–Crippen MR) is 63.8 cm³/mol. The number of thioether (sulfide) groups is 1. The second kappa shape index (κ2) is 5.52. The lowest BCUT2D eigenvalue weighted by Gasteiger charge is -2.26. The molecule has 3 heteroatoms. The van der Waals surface area contributed by atoms with Crippen molar-refractivity contribution in [2.75, 3.05) is 0 Å². The van der Waals surface area contributed by atoms with Gasteiger partial charge >= 0.3 is 0 Å². The van der Waals surface area contributed by atoms with Crippen molar-refractivity contribution in [3.05, 3.63) is 30.1 Å². The maximum absolute atomic E-state index is 9.81.